The van der Waals surface area contributed by atoms with Gasteiger partial charge in [0.05, 0.1) is 25.5 Å². The zero-order valence-corrected chi connectivity index (χ0v) is 16.7. The highest BCUT2D eigenvalue weighted by molar-refractivity contribution is 6.30. The predicted molar refractivity (Wildman–Crippen MR) is 109 cm³/mol. The van der Waals surface area contributed by atoms with E-state index in [1.807, 2.05) is 12.1 Å². The molecule has 1 aliphatic heterocycles. The first-order valence-corrected chi connectivity index (χ1v) is 9.99. The van der Waals surface area contributed by atoms with Gasteiger partial charge in [-0.15, -0.1) is 5.10 Å². The van der Waals surface area contributed by atoms with Gasteiger partial charge in [-0.3, -0.25) is 4.90 Å². The van der Waals surface area contributed by atoms with E-state index in [1.165, 1.54) is 12.1 Å². The highest BCUT2D eigenvalue weighted by Gasteiger charge is 2.15. The van der Waals surface area contributed by atoms with Gasteiger partial charge in [0.25, 0.3) is 0 Å². The quantitative estimate of drug-likeness (QED) is 0.548. The molecular formula is C21H22ClFN4O2. The van der Waals surface area contributed by atoms with E-state index < -0.39 is 0 Å². The van der Waals surface area contributed by atoms with Crippen LogP contribution in [0.25, 0.3) is 17.1 Å². The van der Waals surface area contributed by atoms with Crippen molar-refractivity contribution >= 4 is 11.6 Å². The number of ether oxygens (including phenoxy) is 2. The largest absolute Gasteiger partial charge is 0.462 e. The fourth-order valence-electron chi connectivity index (χ4n) is 3.18. The highest BCUT2D eigenvalue weighted by atomic mass is 35.5. The summed E-state index contributed by atoms with van der Waals surface area (Å²) in [5, 5.41) is 5.14. The van der Waals surface area contributed by atoms with Gasteiger partial charge >= 0.3 is 6.01 Å². The standard InChI is InChI=1S/C21H22ClFN4O2/c22-17-4-8-19(9-5-17)27-20(16-2-6-18(23)7-3-16)24-21(25-27)29-13-1-10-26-11-14-28-15-12-26/h2-9H,1,10-15H2. The normalized spacial score (nSPS) is 14.8. The van der Waals surface area contributed by atoms with E-state index in [9.17, 15) is 4.39 Å². The molecule has 0 bridgehead atoms. The molecule has 1 aromatic heterocycles. The number of morpholine rings is 1. The Morgan fingerprint density at radius 1 is 1.03 bits per heavy atom. The van der Waals surface area contributed by atoms with E-state index in [-0.39, 0.29) is 5.82 Å². The second kappa shape index (κ2) is 9.35. The van der Waals surface area contributed by atoms with Crippen LogP contribution in [0.2, 0.25) is 5.02 Å². The molecule has 2 heterocycles. The van der Waals surface area contributed by atoms with Crippen LogP contribution >= 0.6 is 11.6 Å². The van der Waals surface area contributed by atoms with Gasteiger partial charge in [0, 0.05) is 30.2 Å². The lowest BCUT2D eigenvalue weighted by molar-refractivity contribution is 0.0356. The Morgan fingerprint density at radius 2 is 1.76 bits per heavy atom. The number of halogens is 2. The van der Waals surface area contributed by atoms with Crippen molar-refractivity contribution < 1.29 is 13.9 Å². The lowest BCUT2D eigenvalue weighted by Crippen LogP contribution is -2.37. The second-order valence-corrected chi connectivity index (χ2v) is 7.21. The van der Waals surface area contributed by atoms with Crippen LogP contribution in [-0.4, -0.2) is 59.1 Å². The maximum absolute atomic E-state index is 13.3. The topological polar surface area (TPSA) is 52.4 Å². The fourth-order valence-corrected chi connectivity index (χ4v) is 3.30. The van der Waals surface area contributed by atoms with Gasteiger partial charge in [0.15, 0.2) is 5.82 Å². The van der Waals surface area contributed by atoms with Gasteiger partial charge < -0.3 is 9.47 Å². The van der Waals surface area contributed by atoms with E-state index in [4.69, 9.17) is 21.1 Å². The average molecular weight is 417 g/mol. The van der Waals surface area contributed by atoms with Crippen molar-refractivity contribution in [3.8, 4) is 23.1 Å². The van der Waals surface area contributed by atoms with Crippen molar-refractivity contribution in [1.82, 2.24) is 19.7 Å². The smallest absolute Gasteiger partial charge is 0.336 e. The SMILES string of the molecule is Fc1ccc(-c2nc(OCCCN3CCOCC3)nn2-c2ccc(Cl)cc2)cc1. The van der Waals surface area contributed by atoms with Crippen LogP contribution in [0, 0.1) is 5.82 Å². The summed E-state index contributed by atoms with van der Waals surface area (Å²) in [5.41, 5.74) is 1.54. The molecule has 8 heteroatoms. The maximum Gasteiger partial charge on any atom is 0.336 e. The molecule has 0 unspecified atom stereocenters. The molecule has 2 aromatic carbocycles. The van der Waals surface area contributed by atoms with Crippen LogP contribution in [0.4, 0.5) is 4.39 Å². The first-order chi connectivity index (χ1) is 14.2. The summed E-state index contributed by atoms with van der Waals surface area (Å²) in [6.07, 6.45) is 0.876. The molecular weight excluding hydrogens is 395 g/mol. The third kappa shape index (κ3) is 5.12. The Bertz CT molecular complexity index is 862. The van der Waals surface area contributed by atoms with Crippen LogP contribution in [0.3, 0.4) is 0 Å². The van der Waals surface area contributed by atoms with E-state index in [2.05, 4.69) is 15.0 Å². The molecule has 0 aliphatic carbocycles. The van der Waals surface area contributed by atoms with Gasteiger partial charge in [-0.2, -0.15) is 4.98 Å². The van der Waals surface area contributed by atoms with Crippen LogP contribution in [-0.2, 0) is 4.74 Å². The van der Waals surface area contributed by atoms with Crippen molar-refractivity contribution in [3.63, 3.8) is 0 Å². The molecule has 152 valence electrons. The van der Waals surface area contributed by atoms with Crippen LogP contribution in [0.15, 0.2) is 48.5 Å². The van der Waals surface area contributed by atoms with Gasteiger partial charge in [-0.25, -0.2) is 9.07 Å². The molecule has 0 saturated carbocycles. The molecule has 0 radical (unpaired) electrons. The summed E-state index contributed by atoms with van der Waals surface area (Å²) in [7, 11) is 0. The number of benzene rings is 2. The average Bonchev–Trinajstić information content (AvgIpc) is 3.17. The van der Waals surface area contributed by atoms with Crippen molar-refractivity contribution in [2.75, 3.05) is 39.5 Å². The van der Waals surface area contributed by atoms with Gasteiger partial charge in [-0.1, -0.05) is 11.6 Å². The zero-order valence-electron chi connectivity index (χ0n) is 15.9. The summed E-state index contributed by atoms with van der Waals surface area (Å²) < 4.78 is 26.2. The van der Waals surface area contributed by atoms with Crippen LogP contribution in [0.1, 0.15) is 6.42 Å². The van der Waals surface area contributed by atoms with Gasteiger partial charge in [0.1, 0.15) is 5.82 Å². The predicted octanol–water partition coefficient (Wildman–Crippen LogP) is 3.83. The van der Waals surface area contributed by atoms with Crippen molar-refractivity contribution in [2.24, 2.45) is 0 Å². The van der Waals surface area contributed by atoms with Gasteiger partial charge in [-0.05, 0) is 55.0 Å². The fraction of sp³-hybridized carbons (Fsp3) is 0.333. The third-order valence-corrected chi connectivity index (χ3v) is 4.97. The minimum atomic E-state index is -0.300. The minimum Gasteiger partial charge on any atom is -0.462 e. The molecule has 1 saturated heterocycles. The molecule has 1 fully saturated rings. The van der Waals surface area contributed by atoms with Crippen LogP contribution in [0.5, 0.6) is 6.01 Å². The summed E-state index contributed by atoms with van der Waals surface area (Å²) in [6.45, 7) is 4.96. The van der Waals surface area contributed by atoms with E-state index in [0.717, 1.165) is 50.5 Å². The molecule has 29 heavy (non-hydrogen) atoms. The Morgan fingerprint density at radius 3 is 2.48 bits per heavy atom. The van der Waals surface area contributed by atoms with E-state index in [0.29, 0.717) is 23.5 Å². The molecule has 1 aliphatic rings. The number of aromatic nitrogens is 3. The third-order valence-electron chi connectivity index (χ3n) is 4.71. The summed E-state index contributed by atoms with van der Waals surface area (Å²) >= 11 is 6.00. The Balaban J connectivity index is 1.49. The van der Waals surface area contributed by atoms with E-state index in [1.54, 1.807) is 28.9 Å². The molecule has 3 aromatic rings. The lowest BCUT2D eigenvalue weighted by atomic mass is 10.2. The lowest BCUT2D eigenvalue weighted by Gasteiger charge is -2.26. The first kappa shape index (κ1) is 19.8. The van der Waals surface area contributed by atoms with E-state index >= 15 is 0 Å². The van der Waals surface area contributed by atoms with Crippen molar-refractivity contribution in [1.29, 1.82) is 0 Å². The Hall–Kier alpha value is -2.48. The molecule has 0 spiro atoms. The van der Waals surface area contributed by atoms with Crippen molar-refractivity contribution in [3.05, 3.63) is 59.4 Å². The maximum atomic E-state index is 13.3. The van der Waals surface area contributed by atoms with Gasteiger partial charge in [0.2, 0.25) is 0 Å². The highest BCUT2D eigenvalue weighted by Crippen LogP contribution is 2.24. The summed E-state index contributed by atoms with van der Waals surface area (Å²) in [5.74, 6) is 0.279. The molecule has 6 nitrogen and oxygen atoms in total. The second-order valence-electron chi connectivity index (χ2n) is 6.77. The number of nitrogens with zero attached hydrogens (tertiary/aromatic N) is 4. The molecule has 0 atom stereocenters. The first-order valence-electron chi connectivity index (χ1n) is 9.61. The molecule has 4 rings (SSSR count). The zero-order chi connectivity index (χ0) is 20.1. The van der Waals surface area contributed by atoms with Crippen LogP contribution < -0.4 is 4.74 Å². The number of rotatable bonds is 7. The molecule has 0 N–H and O–H groups in total. The number of hydrogen-bond acceptors (Lipinski definition) is 5. The Labute approximate surface area is 173 Å². The monoisotopic (exact) mass is 416 g/mol. The van der Waals surface area contributed by atoms with Crippen molar-refractivity contribution in [2.45, 2.75) is 6.42 Å². The number of hydrogen-bond donors (Lipinski definition) is 0. The Kier molecular flexibility index (Phi) is 6.39. The minimum absolute atomic E-state index is 0.293. The molecule has 0 amide bonds. The summed E-state index contributed by atoms with van der Waals surface area (Å²) in [6, 6.07) is 13.7. The summed E-state index contributed by atoms with van der Waals surface area (Å²) in [4.78, 5) is 6.89.